The van der Waals surface area contributed by atoms with E-state index in [0.29, 0.717) is 17.5 Å². The Morgan fingerprint density at radius 1 is 0.800 bits per heavy atom. The Labute approximate surface area is 237 Å². The molecule has 7 heteroatoms. The lowest BCUT2D eigenvalue weighted by Gasteiger charge is -2.10. The zero-order chi connectivity index (χ0) is 29.2. The number of carbonyl (C=O) groups excluding carboxylic acids is 1. The fourth-order valence-corrected chi connectivity index (χ4v) is 4.44. The molecule has 0 unspecified atom stereocenters. The van der Waals surface area contributed by atoms with Crippen molar-refractivity contribution in [2.45, 2.75) is 97.3 Å². The highest BCUT2D eigenvalue weighted by Gasteiger charge is 2.18. The van der Waals surface area contributed by atoms with Crippen LogP contribution in [0, 0.1) is 11.6 Å². The first-order chi connectivity index (χ1) is 19.4. The van der Waals surface area contributed by atoms with Crippen molar-refractivity contribution in [1.29, 1.82) is 0 Å². The number of hydrogen-bond acceptors (Lipinski definition) is 4. The first-order valence-corrected chi connectivity index (χ1v) is 14.6. The van der Waals surface area contributed by atoms with Crippen LogP contribution in [-0.4, -0.2) is 28.6 Å². The van der Waals surface area contributed by atoms with E-state index in [4.69, 9.17) is 4.74 Å². The minimum absolute atomic E-state index is 0.0274. The van der Waals surface area contributed by atoms with Gasteiger partial charge in [-0.2, -0.15) is 0 Å². The molecule has 0 amide bonds. The number of aromatic carboxylic acids is 1. The van der Waals surface area contributed by atoms with Crippen LogP contribution in [0.5, 0.6) is 0 Å². The number of fused-ring (bicyclic) bond motifs is 1. The lowest BCUT2D eigenvalue weighted by Crippen LogP contribution is -2.13. The summed E-state index contributed by atoms with van der Waals surface area (Å²) < 4.78 is 30.9. The maximum absolute atomic E-state index is 13.0. The Morgan fingerprint density at radius 2 is 1.45 bits per heavy atom. The number of ether oxygens (including phenoxy) is 1. The molecule has 0 atom stereocenters. The highest BCUT2D eigenvalue weighted by Crippen LogP contribution is 2.18. The van der Waals surface area contributed by atoms with Crippen molar-refractivity contribution in [3.8, 4) is 0 Å². The standard InChI is InChI=1S/C24H38O4.C9H5F2N/c1-3-5-7-9-11-13-15-20-16-17-21(23(25)26)22(19-20)24(27)28-18-14-12-10-8-6-4-2;10-6-4-8(11)7-2-1-3-12-9(7)5-6/h16-17,19H,3-15,18H2,1-2H3,(H,25,26);1-5H. The van der Waals surface area contributed by atoms with E-state index in [1.807, 2.05) is 6.07 Å². The molecule has 0 bridgehead atoms. The van der Waals surface area contributed by atoms with Gasteiger partial charge in [0.25, 0.3) is 0 Å². The zero-order valence-corrected chi connectivity index (χ0v) is 23.9. The lowest BCUT2D eigenvalue weighted by atomic mass is 9.99. The number of esters is 1. The molecule has 5 nitrogen and oxygen atoms in total. The van der Waals surface area contributed by atoms with Crippen molar-refractivity contribution in [2.75, 3.05) is 6.61 Å². The average Bonchev–Trinajstić information content (AvgIpc) is 2.94. The van der Waals surface area contributed by atoms with Gasteiger partial charge in [0.2, 0.25) is 0 Å². The molecule has 0 saturated carbocycles. The third kappa shape index (κ3) is 11.8. The number of nitrogens with zero attached hydrogens (tertiary/aromatic N) is 1. The van der Waals surface area contributed by atoms with Crippen LogP contribution in [0.15, 0.2) is 48.7 Å². The van der Waals surface area contributed by atoms with Crippen molar-refractivity contribution < 1.29 is 28.2 Å². The van der Waals surface area contributed by atoms with Gasteiger partial charge in [-0.1, -0.05) is 84.1 Å². The third-order valence-corrected chi connectivity index (χ3v) is 6.72. The van der Waals surface area contributed by atoms with Crippen LogP contribution >= 0.6 is 0 Å². The molecule has 1 aromatic heterocycles. The molecule has 0 saturated heterocycles. The van der Waals surface area contributed by atoms with Crippen LogP contribution in [0.2, 0.25) is 0 Å². The second kappa shape index (κ2) is 18.9. The number of aryl methyl sites for hydroxylation is 1. The Balaban J connectivity index is 0.000000382. The molecule has 0 spiro atoms. The molecule has 40 heavy (non-hydrogen) atoms. The molecule has 1 heterocycles. The van der Waals surface area contributed by atoms with Gasteiger partial charge in [0.05, 0.1) is 23.3 Å². The number of aromatic nitrogens is 1. The van der Waals surface area contributed by atoms with Gasteiger partial charge in [-0.3, -0.25) is 4.98 Å². The van der Waals surface area contributed by atoms with E-state index in [1.165, 1.54) is 69.7 Å². The Morgan fingerprint density at radius 3 is 2.12 bits per heavy atom. The number of benzene rings is 2. The molecule has 2 aromatic carbocycles. The topological polar surface area (TPSA) is 76.5 Å². The molecule has 3 aromatic rings. The maximum Gasteiger partial charge on any atom is 0.339 e. The number of carboxylic acid groups (broad SMARTS) is 1. The number of hydrogen-bond donors (Lipinski definition) is 1. The number of halogens is 2. The molecule has 0 fully saturated rings. The number of rotatable bonds is 16. The minimum atomic E-state index is -1.09. The predicted molar refractivity (Wildman–Crippen MR) is 156 cm³/mol. The molecule has 0 radical (unpaired) electrons. The van der Waals surface area contributed by atoms with Gasteiger partial charge in [-0.15, -0.1) is 0 Å². The second-order valence-corrected chi connectivity index (χ2v) is 10.1. The zero-order valence-electron chi connectivity index (χ0n) is 23.9. The molecule has 1 N–H and O–H groups in total. The van der Waals surface area contributed by atoms with Crippen molar-refractivity contribution in [1.82, 2.24) is 4.98 Å². The van der Waals surface area contributed by atoms with Gasteiger partial charge in [0, 0.05) is 23.7 Å². The summed E-state index contributed by atoms with van der Waals surface area (Å²) in [6.07, 6.45) is 16.3. The van der Waals surface area contributed by atoms with Crippen LogP contribution < -0.4 is 0 Å². The van der Waals surface area contributed by atoms with Crippen molar-refractivity contribution in [3.63, 3.8) is 0 Å². The monoisotopic (exact) mass is 555 g/mol. The van der Waals surface area contributed by atoms with Crippen LogP contribution in [-0.2, 0) is 11.2 Å². The summed E-state index contributed by atoms with van der Waals surface area (Å²) in [6.45, 7) is 4.74. The quantitative estimate of drug-likeness (QED) is 0.141. The van der Waals surface area contributed by atoms with Gasteiger partial charge in [-0.25, -0.2) is 18.4 Å². The smallest absolute Gasteiger partial charge is 0.339 e. The lowest BCUT2D eigenvalue weighted by molar-refractivity contribution is 0.0487. The normalized spacial score (nSPS) is 10.7. The summed E-state index contributed by atoms with van der Waals surface area (Å²) in [7, 11) is 0. The van der Waals surface area contributed by atoms with Crippen molar-refractivity contribution in [2.24, 2.45) is 0 Å². The number of carbonyl (C=O) groups is 2. The number of pyridine rings is 1. The Hall–Kier alpha value is -3.35. The summed E-state index contributed by atoms with van der Waals surface area (Å²) >= 11 is 0. The second-order valence-electron chi connectivity index (χ2n) is 10.1. The van der Waals surface area contributed by atoms with E-state index >= 15 is 0 Å². The van der Waals surface area contributed by atoms with Gasteiger partial charge < -0.3 is 9.84 Å². The fraction of sp³-hybridized carbons (Fsp3) is 0.485. The van der Waals surface area contributed by atoms with Gasteiger partial charge >= 0.3 is 11.9 Å². The highest BCUT2D eigenvalue weighted by atomic mass is 19.1. The SMILES string of the molecule is CCCCCCCCOC(=O)c1cc(CCCCCCCC)ccc1C(=O)O.Fc1cc(F)c2cccnc2c1. The first-order valence-electron chi connectivity index (χ1n) is 14.6. The Bertz CT molecular complexity index is 1200. The van der Waals surface area contributed by atoms with E-state index in [1.54, 1.807) is 18.2 Å². The minimum Gasteiger partial charge on any atom is -0.478 e. The fourth-order valence-electron chi connectivity index (χ4n) is 4.44. The van der Waals surface area contributed by atoms with E-state index in [0.717, 1.165) is 43.7 Å². The summed E-state index contributed by atoms with van der Waals surface area (Å²) in [5.74, 6) is -2.77. The van der Waals surface area contributed by atoms with E-state index < -0.39 is 23.6 Å². The molecule has 3 rings (SSSR count). The van der Waals surface area contributed by atoms with E-state index in [2.05, 4.69) is 18.8 Å². The third-order valence-electron chi connectivity index (χ3n) is 6.72. The average molecular weight is 556 g/mol. The summed E-state index contributed by atoms with van der Waals surface area (Å²) in [5.41, 5.74) is 1.56. The first kappa shape index (κ1) is 32.9. The maximum atomic E-state index is 13.0. The molecule has 0 aliphatic heterocycles. The van der Waals surface area contributed by atoms with E-state index in [9.17, 15) is 23.5 Å². The summed E-state index contributed by atoms with van der Waals surface area (Å²) in [6, 6.07) is 10.3. The Kier molecular flexibility index (Phi) is 15.5. The van der Waals surface area contributed by atoms with Gasteiger partial charge in [0.1, 0.15) is 11.6 Å². The number of unbranched alkanes of at least 4 members (excludes halogenated alkanes) is 10. The van der Waals surface area contributed by atoms with Crippen LogP contribution in [0.1, 0.15) is 117 Å². The largest absolute Gasteiger partial charge is 0.478 e. The number of carboxylic acids is 1. The summed E-state index contributed by atoms with van der Waals surface area (Å²) in [4.78, 5) is 27.7. The van der Waals surface area contributed by atoms with Crippen molar-refractivity contribution >= 4 is 22.8 Å². The van der Waals surface area contributed by atoms with Crippen LogP contribution in [0.3, 0.4) is 0 Å². The van der Waals surface area contributed by atoms with Crippen molar-refractivity contribution in [3.05, 3.63) is 77.0 Å². The molecule has 0 aliphatic carbocycles. The van der Waals surface area contributed by atoms with Crippen LogP contribution in [0.4, 0.5) is 8.78 Å². The van der Waals surface area contributed by atoms with Crippen LogP contribution in [0.25, 0.3) is 10.9 Å². The van der Waals surface area contributed by atoms with E-state index in [-0.39, 0.29) is 11.1 Å². The molecule has 218 valence electrons. The molecular weight excluding hydrogens is 512 g/mol. The molecule has 0 aliphatic rings. The predicted octanol–water partition coefficient (Wildman–Crippen LogP) is 9.32. The van der Waals surface area contributed by atoms with Gasteiger partial charge in [-0.05, 0) is 49.1 Å². The summed E-state index contributed by atoms with van der Waals surface area (Å²) in [5, 5.41) is 9.73. The molecular formula is C33H43F2NO4. The van der Waals surface area contributed by atoms with Gasteiger partial charge in [0.15, 0.2) is 0 Å². The highest BCUT2D eigenvalue weighted by molar-refractivity contribution is 6.02.